The third kappa shape index (κ3) is 3.63. The van der Waals surface area contributed by atoms with Crippen LogP contribution in [0.1, 0.15) is 25.0 Å². The summed E-state index contributed by atoms with van der Waals surface area (Å²) in [7, 11) is -3.21. The van der Waals surface area contributed by atoms with Gasteiger partial charge in [0.05, 0.1) is 10.8 Å². The number of hydrogen-bond acceptors (Lipinski definition) is 4. The average molecular weight is 310 g/mol. The molecule has 0 bridgehead atoms. The molecule has 1 aliphatic heterocycles. The van der Waals surface area contributed by atoms with Crippen molar-refractivity contribution in [3.05, 3.63) is 35.4 Å². The van der Waals surface area contributed by atoms with Gasteiger partial charge in [0.15, 0.2) is 9.84 Å². The Labute approximate surface area is 126 Å². The van der Waals surface area contributed by atoms with E-state index in [2.05, 4.69) is 10.6 Å². The SMILES string of the molecule is CC(C)(CNC(=O)[C@H]1Cc2ccccc2CN1)S(C)(=O)=O. The van der Waals surface area contributed by atoms with Crippen molar-refractivity contribution in [3.8, 4) is 0 Å². The predicted octanol–water partition coefficient (Wildman–Crippen LogP) is 0.640. The fraction of sp³-hybridized carbons (Fsp3) is 0.533. The molecule has 1 aromatic rings. The molecular weight excluding hydrogens is 288 g/mol. The quantitative estimate of drug-likeness (QED) is 0.856. The summed E-state index contributed by atoms with van der Waals surface area (Å²) in [5, 5.41) is 5.94. The summed E-state index contributed by atoms with van der Waals surface area (Å²) in [6.07, 6.45) is 1.82. The molecule has 0 unspecified atom stereocenters. The lowest BCUT2D eigenvalue weighted by atomic mass is 9.95. The molecule has 21 heavy (non-hydrogen) atoms. The minimum Gasteiger partial charge on any atom is -0.353 e. The summed E-state index contributed by atoms with van der Waals surface area (Å²) in [6, 6.07) is 7.71. The molecule has 116 valence electrons. The second-order valence-electron chi connectivity index (χ2n) is 6.16. The van der Waals surface area contributed by atoms with E-state index in [-0.39, 0.29) is 18.5 Å². The van der Waals surface area contributed by atoms with Crippen molar-refractivity contribution in [2.45, 2.75) is 37.6 Å². The normalized spacial score (nSPS) is 18.9. The lowest BCUT2D eigenvalue weighted by Gasteiger charge is -2.28. The van der Waals surface area contributed by atoms with E-state index in [1.54, 1.807) is 13.8 Å². The molecule has 1 atom stereocenters. The zero-order valence-electron chi connectivity index (χ0n) is 12.6. The lowest BCUT2D eigenvalue weighted by Crippen LogP contribution is -2.51. The van der Waals surface area contributed by atoms with Crippen LogP contribution in [0.2, 0.25) is 0 Å². The van der Waals surface area contributed by atoms with E-state index in [1.807, 2.05) is 24.3 Å². The third-order valence-corrected chi connectivity index (χ3v) is 6.24. The van der Waals surface area contributed by atoms with Crippen molar-refractivity contribution in [2.24, 2.45) is 0 Å². The molecule has 0 spiro atoms. The van der Waals surface area contributed by atoms with Crippen LogP contribution in [0, 0.1) is 0 Å². The minimum atomic E-state index is -3.21. The molecule has 6 heteroatoms. The first kappa shape index (κ1) is 16.0. The Morgan fingerprint density at radius 2 is 1.95 bits per heavy atom. The van der Waals surface area contributed by atoms with Gasteiger partial charge < -0.3 is 10.6 Å². The highest BCUT2D eigenvalue weighted by Gasteiger charge is 2.32. The summed E-state index contributed by atoms with van der Waals surface area (Å²) >= 11 is 0. The highest BCUT2D eigenvalue weighted by atomic mass is 32.2. The molecule has 1 amide bonds. The standard InChI is InChI=1S/C15H22N2O3S/c1-15(2,21(3,19)20)10-17-14(18)13-8-11-6-4-5-7-12(11)9-16-13/h4-7,13,16H,8-10H2,1-3H3,(H,17,18)/t13-/m1/s1. The monoisotopic (exact) mass is 310 g/mol. The average Bonchev–Trinajstić information content (AvgIpc) is 2.43. The molecule has 1 heterocycles. The van der Waals surface area contributed by atoms with Crippen LogP contribution in [-0.2, 0) is 27.6 Å². The second kappa shape index (κ2) is 5.77. The van der Waals surface area contributed by atoms with Crippen LogP contribution in [0.4, 0.5) is 0 Å². The maximum Gasteiger partial charge on any atom is 0.237 e. The van der Waals surface area contributed by atoms with Crippen LogP contribution >= 0.6 is 0 Å². The van der Waals surface area contributed by atoms with Crippen LogP contribution in [0.15, 0.2) is 24.3 Å². The highest BCUT2D eigenvalue weighted by Crippen LogP contribution is 2.17. The fourth-order valence-corrected chi connectivity index (χ4v) is 2.53. The van der Waals surface area contributed by atoms with Gasteiger partial charge in [0.1, 0.15) is 0 Å². The number of amides is 1. The zero-order chi connectivity index (χ0) is 15.7. The van der Waals surface area contributed by atoms with Crippen LogP contribution < -0.4 is 10.6 Å². The smallest absolute Gasteiger partial charge is 0.237 e. The van der Waals surface area contributed by atoms with Crippen molar-refractivity contribution in [1.29, 1.82) is 0 Å². The van der Waals surface area contributed by atoms with E-state index in [0.29, 0.717) is 13.0 Å². The Bertz CT molecular complexity index is 638. The number of hydrogen-bond donors (Lipinski definition) is 2. The second-order valence-corrected chi connectivity index (χ2v) is 8.81. The van der Waals surface area contributed by atoms with Gasteiger partial charge in [-0.1, -0.05) is 24.3 Å². The first-order chi connectivity index (χ1) is 9.71. The molecule has 1 aliphatic rings. The lowest BCUT2D eigenvalue weighted by molar-refractivity contribution is -0.123. The Kier molecular flexibility index (Phi) is 4.39. The van der Waals surface area contributed by atoms with Crippen LogP contribution in [0.3, 0.4) is 0 Å². The number of carbonyl (C=O) groups excluding carboxylic acids is 1. The molecule has 2 N–H and O–H groups in total. The number of carbonyl (C=O) groups is 1. The number of rotatable bonds is 4. The summed E-state index contributed by atoms with van der Waals surface area (Å²) < 4.78 is 22.3. The van der Waals surface area contributed by atoms with Gasteiger partial charge in [0.2, 0.25) is 5.91 Å². The van der Waals surface area contributed by atoms with E-state index < -0.39 is 14.6 Å². The fourth-order valence-electron chi connectivity index (χ4n) is 2.19. The van der Waals surface area contributed by atoms with Gasteiger partial charge in [0, 0.05) is 19.3 Å². The van der Waals surface area contributed by atoms with E-state index in [0.717, 1.165) is 0 Å². The zero-order valence-corrected chi connectivity index (χ0v) is 13.5. The number of fused-ring (bicyclic) bond motifs is 1. The number of nitrogens with one attached hydrogen (secondary N) is 2. The first-order valence-corrected chi connectivity index (χ1v) is 8.87. The topological polar surface area (TPSA) is 75.3 Å². The summed E-state index contributed by atoms with van der Waals surface area (Å²) in [5.74, 6) is -0.152. The Morgan fingerprint density at radius 3 is 2.57 bits per heavy atom. The largest absolute Gasteiger partial charge is 0.353 e. The number of benzene rings is 1. The van der Waals surface area contributed by atoms with E-state index >= 15 is 0 Å². The van der Waals surface area contributed by atoms with Gasteiger partial charge in [0.25, 0.3) is 0 Å². The Balaban J connectivity index is 1.97. The van der Waals surface area contributed by atoms with Gasteiger partial charge in [-0.25, -0.2) is 8.42 Å². The number of sulfone groups is 1. The molecule has 1 aromatic carbocycles. The molecule has 0 saturated heterocycles. The van der Waals surface area contributed by atoms with Gasteiger partial charge in [-0.15, -0.1) is 0 Å². The summed E-state index contributed by atoms with van der Waals surface area (Å²) in [5.41, 5.74) is 2.37. The molecule has 5 nitrogen and oxygen atoms in total. The third-order valence-electron chi connectivity index (χ3n) is 4.09. The maximum atomic E-state index is 12.2. The van der Waals surface area contributed by atoms with Crippen molar-refractivity contribution in [2.75, 3.05) is 12.8 Å². The van der Waals surface area contributed by atoms with Crippen molar-refractivity contribution in [3.63, 3.8) is 0 Å². The van der Waals surface area contributed by atoms with E-state index in [9.17, 15) is 13.2 Å². The summed E-state index contributed by atoms with van der Waals surface area (Å²) in [4.78, 5) is 12.2. The Morgan fingerprint density at radius 1 is 1.33 bits per heavy atom. The summed E-state index contributed by atoms with van der Waals surface area (Å²) in [6.45, 7) is 4.01. The molecule has 0 aromatic heterocycles. The first-order valence-electron chi connectivity index (χ1n) is 6.98. The molecule has 0 aliphatic carbocycles. The van der Waals surface area contributed by atoms with Crippen LogP contribution in [0.25, 0.3) is 0 Å². The van der Waals surface area contributed by atoms with E-state index in [4.69, 9.17) is 0 Å². The molecule has 0 fully saturated rings. The van der Waals surface area contributed by atoms with Crippen molar-refractivity contribution < 1.29 is 13.2 Å². The van der Waals surface area contributed by atoms with Crippen LogP contribution in [-0.4, -0.2) is 37.9 Å². The highest BCUT2D eigenvalue weighted by molar-refractivity contribution is 7.92. The molecule has 2 rings (SSSR count). The molecule has 0 radical (unpaired) electrons. The van der Waals surface area contributed by atoms with Gasteiger partial charge >= 0.3 is 0 Å². The van der Waals surface area contributed by atoms with Gasteiger partial charge in [-0.05, 0) is 31.4 Å². The Hall–Kier alpha value is -1.40. The maximum absolute atomic E-state index is 12.2. The van der Waals surface area contributed by atoms with Crippen LogP contribution in [0.5, 0.6) is 0 Å². The van der Waals surface area contributed by atoms with Gasteiger partial charge in [-0.2, -0.15) is 0 Å². The van der Waals surface area contributed by atoms with Crippen molar-refractivity contribution >= 4 is 15.7 Å². The molecular formula is C15H22N2O3S. The van der Waals surface area contributed by atoms with E-state index in [1.165, 1.54) is 17.4 Å². The van der Waals surface area contributed by atoms with Crippen molar-refractivity contribution in [1.82, 2.24) is 10.6 Å². The minimum absolute atomic E-state index is 0.116. The van der Waals surface area contributed by atoms with Gasteiger partial charge in [-0.3, -0.25) is 4.79 Å². The molecule has 0 saturated carbocycles. The predicted molar refractivity (Wildman–Crippen MR) is 82.7 cm³/mol.